The van der Waals surface area contributed by atoms with Crippen molar-refractivity contribution in [3.8, 4) is 0 Å². The summed E-state index contributed by atoms with van der Waals surface area (Å²) in [6.45, 7) is 4.33. The van der Waals surface area contributed by atoms with Crippen molar-refractivity contribution < 1.29 is 14.0 Å². The molecule has 2 amide bonds. The van der Waals surface area contributed by atoms with Crippen LogP contribution in [0.4, 0.5) is 10.1 Å². The van der Waals surface area contributed by atoms with Crippen LogP contribution in [0.5, 0.6) is 0 Å². The van der Waals surface area contributed by atoms with Gasteiger partial charge in [-0.2, -0.15) is 0 Å². The van der Waals surface area contributed by atoms with Gasteiger partial charge in [0.15, 0.2) is 0 Å². The molecule has 0 spiro atoms. The molecule has 0 bridgehead atoms. The molecule has 2 aromatic carbocycles. The van der Waals surface area contributed by atoms with Crippen LogP contribution in [-0.2, 0) is 28.9 Å². The molecule has 0 aliphatic rings. The van der Waals surface area contributed by atoms with Crippen LogP contribution < -0.4 is 10.6 Å². The van der Waals surface area contributed by atoms with E-state index in [0.717, 1.165) is 35.2 Å². The second-order valence-corrected chi connectivity index (χ2v) is 5.74. The SMILES string of the molecule is CCc1cccc(CC)c1NC(=O)C(=O)NCCc1ccc(F)cc1. The largest absolute Gasteiger partial charge is 0.347 e. The summed E-state index contributed by atoms with van der Waals surface area (Å²) < 4.78 is 12.9. The first kappa shape index (κ1) is 18.6. The first-order chi connectivity index (χ1) is 12.0. The lowest BCUT2D eigenvalue weighted by molar-refractivity contribution is -0.136. The predicted molar refractivity (Wildman–Crippen MR) is 96.9 cm³/mol. The molecule has 132 valence electrons. The number of anilines is 1. The molecule has 2 rings (SSSR count). The van der Waals surface area contributed by atoms with Crippen molar-refractivity contribution in [3.05, 3.63) is 65.0 Å². The molecule has 0 aliphatic carbocycles. The maximum Gasteiger partial charge on any atom is 0.313 e. The summed E-state index contributed by atoms with van der Waals surface area (Å²) in [4.78, 5) is 24.2. The van der Waals surface area contributed by atoms with Crippen molar-refractivity contribution in [1.82, 2.24) is 5.32 Å². The number of para-hydroxylation sites is 1. The number of amides is 2. The Morgan fingerprint density at radius 2 is 1.52 bits per heavy atom. The number of aryl methyl sites for hydroxylation is 2. The summed E-state index contributed by atoms with van der Waals surface area (Å²) in [6, 6.07) is 11.9. The zero-order chi connectivity index (χ0) is 18.2. The van der Waals surface area contributed by atoms with Gasteiger partial charge in [-0.1, -0.05) is 44.2 Å². The molecule has 0 aliphatic heterocycles. The number of halogens is 1. The Morgan fingerprint density at radius 3 is 2.08 bits per heavy atom. The fraction of sp³-hybridized carbons (Fsp3) is 0.300. The van der Waals surface area contributed by atoms with Crippen LogP contribution in [0.2, 0.25) is 0 Å². The molecule has 2 aromatic rings. The number of hydrogen-bond acceptors (Lipinski definition) is 2. The first-order valence-corrected chi connectivity index (χ1v) is 8.49. The molecular formula is C20H23FN2O2. The second kappa shape index (κ2) is 8.97. The van der Waals surface area contributed by atoms with E-state index in [9.17, 15) is 14.0 Å². The Kier molecular flexibility index (Phi) is 6.69. The maximum atomic E-state index is 12.9. The Balaban J connectivity index is 1.92. The van der Waals surface area contributed by atoms with E-state index in [1.165, 1.54) is 12.1 Å². The van der Waals surface area contributed by atoms with E-state index in [0.29, 0.717) is 13.0 Å². The fourth-order valence-electron chi connectivity index (χ4n) is 2.63. The second-order valence-electron chi connectivity index (χ2n) is 5.74. The average Bonchev–Trinajstić information content (AvgIpc) is 2.63. The van der Waals surface area contributed by atoms with E-state index in [1.54, 1.807) is 12.1 Å². The van der Waals surface area contributed by atoms with Gasteiger partial charge in [0.1, 0.15) is 5.82 Å². The minimum Gasteiger partial charge on any atom is -0.347 e. The molecule has 0 aromatic heterocycles. The summed E-state index contributed by atoms with van der Waals surface area (Å²) in [5.74, 6) is -1.64. The van der Waals surface area contributed by atoms with Crippen molar-refractivity contribution in [2.45, 2.75) is 33.1 Å². The lowest BCUT2D eigenvalue weighted by Gasteiger charge is -2.14. The average molecular weight is 342 g/mol. The van der Waals surface area contributed by atoms with Gasteiger partial charge in [0.05, 0.1) is 0 Å². The van der Waals surface area contributed by atoms with E-state index in [-0.39, 0.29) is 5.82 Å². The number of carbonyl (C=O) groups excluding carboxylic acids is 2. The molecule has 4 nitrogen and oxygen atoms in total. The zero-order valence-corrected chi connectivity index (χ0v) is 14.6. The van der Waals surface area contributed by atoms with Crippen molar-refractivity contribution in [2.24, 2.45) is 0 Å². The van der Waals surface area contributed by atoms with Gasteiger partial charge < -0.3 is 10.6 Å². The topological polar surface area (TPSA) is 58.2 Å². The third kappa shape index (κ3) is 5.14. The van der Waals surface area contributed by atoms with Crippen LogP contribution >= 0.6 is 0 Å². The molecule has 0 atom stereocenters. The molecule has 0 saturated heterocycles. The molecular weight excluding hydrogens is 319 g/mol. The molecule has 5 heteroatoms. The van der Waals surface area contributed by atoms with Gasteiger partial charge in [0.2, 0.25) is 0 Å². The number of hydrogen-bond donors (Lipinski definition) is 2. The summed E-state index contributed by atoms with van der Waals surface area (Å²) in [5.41, 5.74) is 3.64. The molecule has 25 heavy (non-hydrogen) atoms. The Hall–Kier alpha value is -2.69. The predicted octanol–water partition coefficient (Wildman–Crippen LogP) is 3.25. The highest BCUT2D eigenvalue weighted by Gasteiger charge is 2.16. The molecule has 0 fully saturated rings. The number of carbonyl (C=O) groups is 2. The Morgan fingerprint density at radius 1 is 0.920 bits per heavy atom. The van der Waals surface area contributed by atoms with E-state index in [2.05, 4.69) is 10.6 Å². The van der Waals surface area contributed by atoms with Gasteiger partial charge in [-0.05, 0) is 48.1 Å². The number of benzene rings is 2. The van der Waals surface area contributed by atoms with E-state index in [4.69, 9.17) is 0 Å². The van der Waals surface area contributed by atoms with Gasteiger partial charge in [-0.15, -0.1) is 0 Å². The summed E-state index contributed by atoms with van der Waals surface area (Å²) in [6.07, 6.45) is 2.08. The van der Waals surface area contributed by atoms with Crippen LogP contribution in [0, 0.1) is 5.82 Å². The normalized spacial score (nSPS) is 10.4. The number of rotatable bonds is 6. The van der Waals surface area contributed by atoms with Gasteiger partial charge in [-0.3, -0.25) is 9.59 Å². The monoisotopic (exact) mass is 342 g/mol. The van der Waals surface area contributed by atoms with Crippen LogP contribution in [0.3, 0.4) is 0 Å². The molecule has 2 N–H and O–H groups in total. The van der Waals surface area contributed by atoms with E-state index >= 15 is 0 Å². The third-order valence-corrected chi connectivity index (χ3v) is 4.06. The lowest BCUT2D eigenvalue weighted by Crippen LogP contribution is -2.36. The summed E-state index contributed by atoms with van der Waals surface area (Å²) in [7, 11) is 0. The lowest BCUT2D eigenvalue weighted by atomic mass is 10.0. The molecule has 0 heterocycles. The third-order valence-electron chi connectivity index (χ3n) is 4.06. The highest BCUT2D eigenvalue weighted by Crippen LogP contribution is 2.22. The summed E-state index contributed by atoms with van der Waals surface area (Å²) in [5, 5.41) is 5.33. The first-order valence-electron chi connectivity index (χ1n) is 8.49. The van der Waals surface area contributed by atoms with Gasteiger partial charge in [0.25, 0.3) is 0 Å². The van der Waals surface area contributed by atoms with E-state index < -0.39 is 11.8 Å². The Bertz CT molecular complexity index is 720. The molecule has 0 radical (unpaired) electrons. The van der Waals surface area contributed by atoms with E-state index in [1.807, 2.05) is 32.0 Å². The minimum absolute atomic E-state index is 0.298. The summed E-state index contributed by atoms with van der Waals surface area (Å²) >= 11 is 0. The fourth-order valence-corrected chi connectivity index (χ4v) is 2.63. The number of nitrogens with one attached hydrogen (secondary N) is 2. The van der Waals surface area contributed by atoms with Gasteiger partial charge >= 0.3 is 11.8 Å². The van der Waals surface area contributed by atoms with Gasteiger partial charge in [-0.25, -0.2) is 4.39 Å². The van der Waals surface area contributed by atoms with Crippen LogP contribution in [0.15, 0.2) is 42.5 Å². The smallest absolute Gasteiger partial charge is 0.313 e. The standard InChI is InChI=1S/C20H23FN2O2/c1-3-15-6-5-7-16(4-2)18(15)23-20(25)19(24)22-13-12-14-8-10-17(21)11-9-14/h5-11H,3-4,12-13H2,1-2H3,(H,22,24)(H,23,25). The van der Waals surface area contributed by atoms with Gasteiger partial charge in [0, 0.05) is 12.2 Å². The quantitative estimate of drug-likeness (QED) is 0.792. The van der Waals surface area contributed by atoms with Crippen molar-refractivity contribution in [3.63, 3.8) is 0 Å². The zero-order valence-electron chi connectivity index (χ0n) is 14.6. The molecule has 0 saturated carbocycles. The van der Waals surface area contributed by atoms with Crippen molar-refractivity contribution >= 4 is 17.5 Å². The highest BCUT2D eigenvalue weighted by atomic mass is 19.1. The molecule has 0 unspecified atom stereocenters. The maximum absolute atomic E-state index is 12.9. The van der Waals surface area contributed by atoms with Crippen LogP contribution in [0.1, 0.15) is 30.5 Å². The van der Waals surface area contributed by atoms with Crippen LogP contribution in [-0.4, -0.2) is 18.4 Å². The Labute approximate surface area is 147 Å². The van der Waals surface area contributed by atoms with Crippen LogP contribution in [0.25, 0.3) is 0 Å². The minimum atomic E-state index is -0.672. The van der Waals surface area contributed by atoms with Crippen molar-refractivity contribution in [2.75, 3.05) is 11.9 Å². The van der Waals surface area contributed by atoms with Crippen molar-refractivity contribution in [1.29, 1.82) is 0 Å². The highest BCUT2D eigenvalue weighted by molar-refractivity contribution is 6.39.